The summed E-state index contributed by atoms with van der Waals surface area (Å²) >= 11 is 0. The number of unbranched alkanes of at least 4 members (excludes halogenated alkanes) is 1. The Morgan fingerprint density at radius 2 is 1.89 bits per heavy atom. The van der Waals surface area contributed by atoms with Gasteiger partial charge in [-0.05, 0) is 64.4 Å². The third-order valence-corrected chi connectivity index (χ3v) is 5.92. The van der Waals surface area contributed by atoms with Crippen molar-refractivity contribution < 1.29 is 4.39 Å². The van der Waals surface area contributed by atoms with Crippen molar-refractivity contribution >= 4 is 11.0 Å². The van der Waals surface area contributed by atoms with Crippen LogP contribution in [-0.4, -0.2) is 45.0 Å². The molecule has 0 amide bonds. The Hall–Kier alpha value is -2.34. The number of fused-ring (bicyclic) bond motifs is 1. The van der Waals surface area contributed by atoms with Gasteiger partial charge in [-0.3, -0.25) is 0 Å². The van der Waals surface area contributed by atoms with Crippen molar-refractivity contribution in [3.05, 3.63) is 41.7 Å². The number of nitrogens with zero attached hydrogens (tertiary/aromatic N) is 4. The molecule has 5 nitrogen and oxygen atoms in total. The summed E-state index contributed by atoms with van der Waals surface area (Å²) in [6.45, 7) is 4.22. The third-order valence-electron chi connectivity index (χ3n) is 5.92. The van der Waals surface area contributed by atoms with Crippen LogP contribution in [0.15, 0.2) is 24.5 Å². The zero-order valence-electron chi connectivity index (χ0n) is 16.7. The first-order chi connectivity index (χ1) is 13.6. The normalized spacial score (nSPS) is 16.1. The largest absolute Gasteiger partial charge is 0.338 e. The molecule has 1 N–H and O–H groups in total. The summed E-state index contributed by atoms with van der Waals surface area (Å²) in [5, 5.41) is 0. The minimum Gasteiger partial charge on any atom is -0.338 e. The number of rotatable bonds is 6. The van der Waals surface area contributed by atoms with Crippen LogP contribution in [0, 0.1) is 18.7 Å². The Kier molecular flexibility index (Phi) is 5.67. The Labute approximate surface area is 165 Å². The van der Waals surface area contributed by atoms with E-state index in [4.69, 9.17) is 0 Å². The lowest BCUT2D eigenvalue weighted by molar-refractivity contribution is 0.209. The lowest BCUT2D eigenvalue weighted by Crippen LogP contribution is -2.30. The molecule has 0 aliphatic carbocycles. The number of imidazole rings is 1. The van der Waals surface area contributed by atoms with Crippen molar-refractivity contribution in [2.24, 2.45) is 5.92 Å². The molecule has 0 saturated carbocycles. The van der Waals surface area contributed by atoms with Crippen molar-refractivity contribution in [2.75, 3.05) is 20.1 Å². The molecule has 0 radical (unpaired) electrons. The fourth-order valence-corrected chi connectivity index (χ4v) is 4.00. The van der Waals surface area contributed by atoms with E-state index in [0.29, 0.717) is 16.9 Å². The monoisotopic (exact) mass is 381 g/mol. The van der Waals surface area contributed by atoms with Gasteiger partial charge in [0.05, 0.1) is 16.6 Å². The maximum absolute atomic E-state index is 13.7. The predicted octanol–water partition coefficient (Wildman–Crippen LogP) is 4.52. The van der Waals surface area contributed by atoms with Crippen LogP contribution in [0.3, 0.4) is 0 Å². The Morgan fingerprint density at radius 3 is 2.64 bits per heavy atom. The van der Waals surface area contributed by atoms with Gasteiger partial charge >= 0.3 is 0 Å². The van der Waals surface area contributed by atoms with Crippen LogP contribution in [0.1, 0.15) is 43.5 Å². The zero-order valence-corrected chi connectivity index (χ0v) is 16.7. The van der Waals surface area contributed by atoms with Crippen molar-refractivity contribution in [3.63, 3.8) is 0 Å². The smallest absolute Gasteiger partial charge is 0.141 e. The fourth-order valence-electron chi connectivity index (χ4n) is 4.00. The summed E-state index contributed by atoms with van der Waals surface area (Å²) in [6, 6.07) is 3.18. The second kappa shape index (κ2) is 8.35. The van der Waals surface area contributed by atoms with Gasteiger partial charge in [-0.15, -0.1) is 0 Å². The van der Waals surface area contributed by atoms with Gasteiger partial charge in [0.15, 0.2) is 0 Å². The molecule has 1 aromatic carbocycles. The number of piperidine rings is 1. The number of hydrogen-bond acceptors (Lipinski definition) is 4. The van der Waals surface area contributed by atoms with Crippen LogP contribution in [0.4, 0.5) is 4.39 Å². The molecular weight excluding hydrogens is 353 g/mol. The molecule has 148 valence electrons. The van der Waals surface area contributed by atoms with Gasteiger partial charge in [0, 0.05) is 24.4 Å². The van der Waals surface area contributed by atoms with Crippen LogP contribution in [0.2, 0.25) is 0 Å². The van der Waals surface area contributed by atoms with Crippen LogP contribution < -0.4 is 0 Å². The Balaban J connectivity index is 1.32. The highest BCUT2D eigenvalue weighted by atomic mass is 19.1. The van der Waals surface area contributed by atoms with E-state index in [1.54, 1.807) is 13.0 Å². The zero-order chi connectivity index (χ0) is 19.5. The topological polar surface area (TPSA) is 57.7 Å². The Morgan fingerprint density at radius 1 is 1.14 bits per heavy atom. The Bertz CT molecular complexity index is 926. The molecule has 0 spiro atoms. The van der Waals surface area contributed by atoms with Crippen LogP contribution in [-0.2, 0) is 6.42 Å². The van der Waals surface area contributed by atoms with E-state index in [1.165, 1.54) is 44.8 Å². The van der Waals surface area contributed by atoms with Crippen molar-refractivity contribution in [1.29, 1.82) is 0 Å². The van der Waals surface area contributed by atoms with E-state index < -0.39 is 0 Å². The maximum atomic E-state index is 13.7. The molecule has 1 saturated heterocycles. The van der Waals surface area contributed by atoms with Crippen molar-refractivity contribution in [3.8, 4) is 11.4 Å². The van der Waals surface area contributed by atoms with Crippen LogP contribution in [0.25, 0.3) is 22.4 Å². The molecule has 2 aromatic heterocycles. The number of aromatic amines is 1. The van der Waals surface area contributed by atoms with Gasteiger partial charge in [-0.2, -0.15) is 0 Å². The summed E-state index contributed by atoms with van der Waals surface area (Å²) < 4.78 is 13.7. The number of halogens is 1. The SMILES string of the molecule is Cc1c(F)ccc2[nH]c(-c3cnc(CCCCC4CCN(C)CC4)nc3)nc12. The summed E-state index contributed by atoms with van der Waals surface area (Å²) in [4.78, 5) is 19.2. The number of benzene rings is 1. The average Bonchev–Trinajstić information content (AvgIpc) is 3.15. The van der Waals surface area contributed by atoms with Gasteiger partial charge in [-0.25, -0.2) is 19.3 Å². The molecule has 1 fully saturated rings. The average molecular weight is 381 g/mol. The van der Waals surface area contributed by atoms with Crippen LogP contribution >= 0.6 is 0 Å². The molecule has 3 heterocycles. The van der Waals surface area contributed by atoms with E-state index in [-0.39, 0.29) is 5.82 Å². The molecule has 0 bridgehead atoms. The van der Waals surface area contributed by atoms with E-state index in [1.807, 2.05) is 12.4 Å². The van der Waals surface area contributed by atoms with Gasteiger partial charge in [0.2, 0.25) is 0 Å². The van der Waals surface area contributed by atoms with E-state index in [0.717, 1.165) is 35.7 Å². The number of aryl methyl sites for hydroxylation is 2. The first-order valence-electron chi connectivity index (χ1n) is 10.2. The third kappa shape index (κ3) is 4.22. The first kappa shape index (κ1) is 19.0. The minimum atomic E-state index is -0.239. The van der Waals surface area contributed by atoms with Crippen molar-refractivity contribution in [2.45, 2.75) is 45.4 Å². The summed E-state index contributed by atoms with van der Waals surface area (Å²) in [7, 11) is 2.21. The quantitative estimate of drug-likeness (QED) is 0.638. The molecule has 0 unspecified atom stereocenters. The van der Waals surface area contributed by atoms with Gasteiger partial charge in [-0.1, -0.05) is 12.8 Å². The van der Waals surface area contributed by atoms with E-state index in [9.17, 15) is 4.39 Å². The number of aromatic nitrogens is 4. The number of hydrogen-bond donors (Lipinski definition) is 1. The highest BCUT2D eigenvalue weighted by molar-refractivity contribution is 5.82. The number of likely N-dealkylation sites (tertiary alicyclic amines) is 1. The minimum absolute atomic E-state index is 0.239. The van der Waals surface area contributed by atoms with Crippen LogP contribution in [0.5, 0.6) is 0 Å². The van der Waals surface area contributed by atoms with Gasteiger partial charge in [0.25, 0.3) is 0 Å². The van der Waals surface area contributed by atoms with E-state index >= 15 is 0 Å². The summed E-state index contributed by atoms with van der Waals surface area (Å²) in [5.41, 5.74) is 2.87. The second-order valence-corrected chi connectivity index (χ2v) is 8.03. The molecule has 4 rings (SSSR count). The molecule has 1 aliphatic rings. The highest BCUT2D eigenvalue weighted by Crippen LogP contribution is 2.24. The summed E-state index contributed by atoms with van der Waals surface area (Å²) in [5.74, 6) is 2.21. The fraction of sp³-hybridized carbons (Fsp3) is 0.500. The summed E-state index contributed by atoms with van der Waals surface area (Å²) in [6.07, 6.45) is 10.9. The lowest BCUT2D eigenvalue weighted by atomic mass is 9.91. The maximum Gasteiger partial charge on any atom is 0.141 e. The standard InChI is InChI=1S/C22H28FN5/c1-15-18(23)7-8-19-21(15)27-22(26-19)17-13-24-20(25-14-17)6-4-3-5-16-9-11-28(2)12-10-16/h7-8,13-14,16H,3-6,9-12H2,1-2H3,(H,26,27). The highest BCUT2D eigenvalue weighted by Gasteiger charge is 2.16. The molecule has 1 aliphatic heterocycles. The van der Waals surface area contributed by atoms with E-state index in [2.05, 4.69) is 31.9 Å². The second-order valence-electron chi connectivity index (χ2n) is 8.03. The van der Waals surface area contributed by atoms with Crippen molar-refractivity contribution in [1.82, 2.24) is 24.8 Å². The molecule has 6 heteroatoms. The van der Waals surface area contributed by atoms with Gasteiger partial charge in [0.1, 0.15) is 17.5 Å². The number of H-pyrrole nitrogens is 1. The van der Waals surface area contributed by atoms with Gasteiger partial charge < -0.3 is 9.88 Å². The molecule has 0 atom stereocenters. The predicted molar refractivity (Wildman–Crippen MR) is 110 cm³/mol. The molecule has 3 aromatic rings. The lowest BCUT2D eigenvalue weighted by Gasteiger charge is -2.28. The first-order valence-corrected chi connectivity index (χ1v) is 10.2. The molecule has 28 heavy (non-hydrogen) atoms. The molecular formula is C22H28FN5. The number of nitrogens with one attached hydrogen (secondary N) is 1.